The lowest BCUT2D eigenvalue weighted by atomic mass is 9.81. The number of hydrogen-bond donors (Lipinski definition) is 1. The van der Waals surface area contributed by atoms with Gasteiger partial charge >= 0.3 is 0 Å². The van der Waals surface area contributed by atoms with Crippen LogP contribution in [0.4, 0.5) is 0 Å². The van der Waals surface area contributed by atoms with Gasteiger partial charge in [0.15, 0.2) is 0 Å². The monoisotopic (exact) mass is 253 g/mol. The van der Waals surface area contributed by atoms with E-state index in [1.54, 1.807) is 0 Å². The van der Waals surface area contributed by atoms with E-state index in [-0.39, 0.29) is 0 Å². The molecule has 106 valence electrons. The molecule has 0 radical (unpaired) electrons. The van der Waals surface area contributed by atoms with Crippen molar-refractivity contribution in [3.05, 3.63) is 0 Å². The second-order valence-corrected chi connectivity index (χ2v) is 6.66. The maximum Gasteiger partial charge on any atom is 0.0731 e. The predicted molar refractivity (Wildman–Crippen MR) is 76.8 cm³/mol. The Morgan fingerprint density at radius 1 is 1.00 bits per heavy atom. The van der Waals surface area contributed by atoms with Crippen LogP contribution >= 0.6 is 0 Å². The molecular weight excluding hydrogens is 222 g/mol. The predicted octanol–water partition coefficient (Wildman–Crippen LogP) is 3.75. The van der Waals surface area contributed by atoms with Crippen LogP contribution in [0, 0.1) is 11.8 Å². The third-order valence-corrected chi connectivity index (χ3v) is 4.67. The van der Waals surface area contributed by atoms with Crippen LogP contribution in [0.15, 0.2) is 0 Å². The summed E-state index contributed by atoms with van der Waals surface area (Å²) in [5.41, 5.74) is 0. The summed E-state index contributed by atoms with van der Waals surface area (Å²) in [5, 5.41) is 3.62. The van der Waals surface area contributed by atoms with Gasteiger partial charge in [-0.15, -0.1) is 0 Å². The topological polar surface area (TPSA) is 21.3 Å². The van der Waals surface area contributed by atoms with Crippen LogP contribution in [0.1, 0.15) is 65.7 Å². The third kappa shape index (κ3) is 3.96. The molecule has 0 saturated heterocycles. The van der Waals surface area contributed by atoms with Crippen LogP contribution in [-0.4, -0.2) is 24.8 Å². The van der Waals surface area contributed by atoms with Gasteiger partial charge in [-0.05, 0) is 50.5 Å². The standard InChI is InChI=1S/C16H31NO/c1-4-17-15-7-5-6-8-16(15)18-14-10-12(2)9-13(3)11-14/h12-17H,4-11H2,1-3H3. The molecule has 0 aromatic carbocycles. The first-order chi connectivity index (χ1) is 8.69. The smallest absolute Gasteiger partial charge is 0.0731 e. The number of ether oxygens (including phenoxy) is 1. The highest BCUT2D eigenvalue weighted by molar-refractivity contribution is 4.84. The van der Waals surface area contributed by atoms with Crippen LogP contribution in [0.5, 0.6) is 0 Å². The highest BCUT2D eigenvalue weighted by Crippen LogP contribution is 2.33. The summed E-state index contributed by atoms with van der Waals surface area (Å²) in [5.74, 6) is 1.69. The molecule has 2 heteroatoms. The molecule has 0 spiro atoms. The molecule has 2 nitrogen and oxygen atoms in total. The minimum atomic E-state index is 0.473. The van der Waals surface area contributed by atoms with Crippen molar-refractivity contribution in [1.29, 1.82) is 0 Å². The summed E-state index contributed by atoms with van der Waals surface area (Å²) in [7, 11) is 0. The first-order valence-corrected chi connectivity index (χ1v) is 8.07. The van der Waals surface area contributed by atoms with Crippen molar-refractivity contribution >= 4 is 0 Å². The zero-order chi connectivity index (χ0) is 13.0. The van der Waals surface area contributed by atoms with E-state index in [2.05, 4.69) is 26.1 Å². The summed E-state index contributed by atoms with van der Waals surface area (Å²) in [6.45, 7) is 8.04. The van der Waals surface area contributed by atoms with E-state index >= 15 is 0 Å². The van der Waals surface area contributed by atoms with Gasteiger partial charge in [-0.1, -0.05) is 33.6 Å². The van der Waals surface area contributed by atoms with Gasteiger partial charge in [-0.2, -0.15) is 0 Å². The van der Waals surface area contributed by atoms with Crippen molar-refractivity contribution in [2.24, 2.45) is 11.8 Å². The number of nitrogens with one attached hydrogen (secondary N) is 1. The van der Waals surface area contributed by atoms with E-state index in [9.17, 15) is 0 Å². The summed E-state index contributed by atoms with van der Waals surface area (Å²) in [6, 6.07) is 0.608. The van der Waals surface area contributed by atoms with Gasteiger partial charge in [-0.3, -0.25) is 0 Å². The lowest BCUT2D eigenvalue weighted by molar-refractivity contribution is -0.0747. The van der Waals surface area contributed by atoms with Crippen LogP contribution in [0.2, 0.25) is 0 Å². The normalized spacial score (nSPS) is 41.8. The Labute approximate surface area is 113 Å². The molecule has 18 heavy (non-hydrogen) atoms. The number of likely N-dealkylation sites (N-methyl/N-ethyl adjacent to an activating group) is 1. The molecule has 0 amide bonds. The van der Waals surface area contributed by atoms with Gasteiger partial charge in [-0.25, -0.2) is 0 Å². The zero-order valence-electron chi connectivity index (χ0n) is 12.5. The van der Waals surface area contributed by atoms with Crippen molar-refractivity contribution in [2.75, 3.05) is 6.54 Å². The molecule has 2 fully saturated rings. The molecule has 2 rings (SSSR count). The Morgan fingerprint density at radius 2 is 1.67 bits per heavy atom. The van der Waals surface area contributed by atoms with Crippen molar-refractivity contribution in [3.63, 3.8) is 0 Å². The minimum Gasteiger partial charge on any atom is -0.373 e. The van der Waals surface area contributed by atoms with E-state index in [0.717, 1.165) is 18.4 Å². The van der Waals surface area contributed by atoms with Crippen molar-refractivity contribution in [3.8, 4) is 0 Å². The zero-order valence-corrected chi connectivity index (χ0v) is 12.5. The van der Waals surface area contributed by atoms with Crippen molar-refractivity contribution < 1.29 is 4.74 Å². The number of rotatable bonds is 4. The largest absolute Gasteiger partial charge is 0.373 e. The highest BCUT2D eigenvalue weighted by Gasteiger charge is 2.31. The van der Waals surface area contributed by atoms with Gasteiger partial charge in [0.25, 0.3) is 0 Å². The Hall–Kier alpha value is -0.0800. The van der Waals surface area contributed by atoms with Crippen molar-refractivity contribution in [1.82, 2.24) is 5.32 Å². The van der Waals surface area contributed by atoms with Gasteiger partial charge < -0.3 is 10.1 Å². The molecular formula is C16H31NO. The summed E-state index contributed by atoms with van der Waals surface area (Å²) in [6.07, 6.45) is 10.2. The molecule has 4 unspecified atom stereocenters. The molecule has 0 aliphatic heterocycles. The molecule has 1 N–H and O–H groups in total. The molecule has 2 aliphatic rings. The second-order valence-electron chi connectivity index (χ2n) is 6.66. The molecule has 4 atom stereocenters. The van der Waals surface area contributed by atoms with Gasteiger partial charge in [0.05, 0.1) is 12.2 Å². The SMILES string of the molecule is CCNC1CCCCC1OC1CC(C)CC(C)C1. The Balaban J connectivity index is 1.85. The van der Waals surface area contributed by atoms with Crippen LogP contribution < -0.4 is 5.32 Å². The quantitative estimate of drug-likeness (QED) is 0.824. The average molecular weight is 253 g/mol. The van der Waals surface area contributed by atoms with Crippen LogP contribution in [0.3, 0.4) is 0 Å². The lowest BCUT2D eigenvalue weighted by Crippen LogP contribution is -2.45. The minimum absolute atomic E-state index is 0.473. The molecule has 2 aliphatic carbocycles. The second kappa shape index (κ2) is 6.91. The number of hydrogen-bond acceptors (Lipinski definition) is 2. The van der Waals surface area contributed by atoms with Gasteiger partial charge in [0.1, 0.15) is 0 Å². The van der Waals surface area contributed by atoms with Crippen molar-refractivity contribution in [2.45, 2.75) is 84.0 Å². The molecule has 0 aromatic heterocycles. The van der Waals surface area contributed by atoms with Gasteiger partial charge in [0, 0.05) is 6.04 Å². The summed E-state index contributed by atoms with van der Waals surface area (Å²) in [4.78, 5) is 0. The summed E-state index contributed by atoms with van der Waals surface area (Å²) >= 11 is 0. The highest BCUT2D eigenvalue weighted by atomic mass is 16.5. The first-order valence-electron chi connectivity index (χ1n) is 8.07. The van der Waals surface area contributed by atoms with E-state index in [1.807, 2.05) is 0 Å². The maximum atomic E-state index is 6.48. The van der Waals surface area contributed by atoms with E-state index in [4.69, 9.17) is 4.74 Å². The fourth-order valence-corrected chi connectivity index (χ4v) is 3.99. The Bertz CT molecular complexity index is 231. The maximum absolute atomic E-state index is 6.48. The molecule has 2 saturated carbocycles. The lowest BCUT2D eigenvalue weighted by Gasteiger charge is -2.38. The Morgan fingerprint density at radius 3 is 2.33 bits per heavy atom. The first kappa shape index (κ1) is 14.3. The molecule has 0 heterocycles. The van der Waals surface area contributed by atoms with Gasteiger partial charge in [0.2, 0.25) is 0 Å². The fraction of sp³-hybridized carbons (Fsp3) is 1.00. The average Bonchev–Trinajstić information content (AvgIpc) is 2.30. The Kier molecular flexibility index (Phi) is 5.50. The van der Waals surface area contributed by atoms with E-state index in [1.165, 1.54) is 44.9 Å². The molecule has 0 aromatic rings. The third-order valence-electron chi connectivity index (χ3n) is 4.67. The summed E-state index contributed by atoms with van der Waals surface area (Å²) < 4.78 is 6.48. The van der Waals surface area contributed by atoms with Crippen LogP contribution in [0.25, 0.3) is 0 Å². The fourth-order valence-electron chi connectivity index (χ4n) is 3.99. The van der Waals surface area contributed by atoms with E-state index < -0.39 is 0 Å². The van der Waals surface area contributed by atoms with Crippen LogP contribution in [-0.2, 0) is 4.74 Å². The van der Waals surface area contributed by atoms with E-state index in [0.29, 0.717) is 18.2 Å². The molecule has 0 bridgehead atoms.